The van der Waals surface area contributed by atoms with Gasteiger partial charge in [-0.2, -0.15) is 5.10 Å². The molecular formula is C18H20N6O3S. The predicted molar refractivity (Wildman–Crippen MR) is 102 cm³/mol. The molecule has 3 fully saturated rings. The Hall–Kier alpha value is -2.56. The zero-order chi connectivity index (χ0) is 19.7. The van der Waals surface area contributed by atoms with Gasteiger partial charge in [-0.05, 0) is 44.4 Å². The van der Waals surface area contributed by atoms with Crippen LogP contribution in [-0.2, 0) is 14.8 Å². The second kappa shape index (κ2) is 5.49. The fraction of sp³-hybridized carbons (Fsp3) is 0.389. The molecule has 4 heterocycles. The third-order valence-electron chi connectivity index (χ3n) is 5.60. The van der Waals surface area contributed by atoms with E-state index in [9.17, 15) is 8.42 Å². The number of nitrogens with one attached hydrogen (secondary N) is 1. The average molecular weight is 400 g/mol. The molecule has 2 aliphatic heterocycles. The Bertz CT molecular complexity index is 1210. The van der Waals surface area contributed by atoms with Gasteiger partial charge < -0.3 is 10.5 Å². The highest BCUT2D eigenvalue weighted by Gasteiger charge is 2.61. The Morgan fingerprint density at radius 3 is 2.79 bits per heavy atom. The van der Waals surface area contributed by atoms with Crippen LogP contribution in [0.3, 0.4) is 0 Å². The number of rotatable bonds is 4. The first-order valence-electron chi connectivity index (χ1n) is 8.94. The topological polar surface area (TPSA) is 124 Å². The average Bonchev–Trinajstić information content (AvgIpc) is 3.26. The molecule has 2 bridgehead atoms. The molecule has 28 heavy (non-hydrogen) atoms. The first kappa shape index (κ1) is 17.5. The van der Waals surface area contributed by atoms with Gasteiger partial charge in [-0.25, -0.2) is 27.6 Å². The molecule has 10 heteroatoms. The van der Waals surface area contributed by atoms with Crippen LogP contribution in [0.1, 0.15) is 25.3 Å². The predicted octanol–water partition coefficient (Wildman–Crippen LogP) is 1.28. The molecule has 9 nitrogen and oxygen atoms in total. The molecule has 0 amide bonds. The lowest BCUT2D eigenvalue weighted by molar-refractivity contribution is 0.0151. The molecule has 0 radical (unpaired) electrons. The SMILES string of the molecule is Cc1ccc(S(=O)(=O)NC23COC(C)(C2)C3)cc1-c1cnc2c(N)ncnn12. The molecule has 3 aliphatic rings. The smallest absolute Gasteiger partial charge is 0.241 e. The van der Waals surface area contributed by atoms with Crippen molar-refractivity contribution in [2.45, 2.75) is 42.7 Å². The standard InChI is InChI=1S/C18H20N6O3S/c1-11-3-4-12(28(25,26)23-18-7-17(2,8-18)27-9-18)5-13(11)14-6-20-16-15(19)21-10-22-24(14)16/h3-6,10,23H,7-9H2,1-2H3,(H2,19,21,22). The third-order valence-corrected chi connectivity index (χ3v) is 7.17. The maximum atomic E-state index is 13.0. The molecule has 1 saturated carbocycles. The van der Waals surface area contributed by atoms with Crippen molar-refractivity contribution in [1.29, 1.82) is 0 Å². The summed E-state index contributed by atoms with van der Waals surface area (Å²) in [6.45, 7) is 4.32. The van der Waals surface area contributed by atoms with Crippen LogP contribution < -0.4 is 10.5 Å². The van der Waals surface area contributed by atoms with Crippen molar-refractivity contribution in [2.24, 2.45) is 0 Å². The van der Waals surface area contributed by atoms with Crippen LogP contribution in [0.25, 0.3) is 16.9 Å². The molecular weight excluding hydrogens is 380 g/mol. The molecule has 1 aliphatic carbocycles. The van der Waals surface area contributed by atoms with Gasteiger partial charge in [0.1, 0.15) is 6.33 Å². The summed E-state index contributed by atoms with van der Waals surface area (Å²) in [7, 11) is -3.70. The van der Waals surface area contributed by atoms with E-state index in [2.05, 4.69) is 19.8 Å². The highest BCUT2D eigenvalue weighted by Crippen LogP contribution is 2.51. The second-order valence-corrected chi connectivity index (χ2v) is 9.66. The van der Waals surface area contributed by atoms with Gasteiger partial charge in [0.2, 0.25) is 10.0 Å². The number of imidazole rings is 1. The number of anilines is 1. The normalized spacial score (nSPS) is 26.5. The molecule has 6 rings (SSSR count). The Morgan fingerprint density at radius 1 is 1.29 bits per heavy atom. The van der Waals surface area contributed by atoms with E-state index in [0.717, 1.165) is 5.56 Å². The Morgan fingerprint density at radius 2 is 2.07 bits per heavy atom. The Labute approximate surface area is 162 Å². The monoisotopic (exact) mass is 400 g/mol. The van der Waals surface area contributed by atoms with E-state index < -0.39 is 15.6 Å². The van der Waals surface area contributed by atoms with Gasteiger partial charge in [0.05, 0.1) is 34.5 Å². The summed E-state index contributed by atoms with van der Waals surface area (Å²) in [5.41, 5.74) is 7.85. The van der Waals surface area contributed by atoms with E-state index >= 15 is 0 Å². The number of sulfonamides is 1. The van der Waals surface area contributed by atoms with Gasteiger partial charge in [-0.3, -0.25) is 0 Å². The summed E-state index contributed by atoms with van der Waals surface area (Å²) in [5, 5.41) is 4.20. The van der Waals surface area contributed by atoms with Gasteiger partial charge in [-0.15, -0.1) is 0 Å². The van der Waals surface area contributed by atoms with Gasteiger partial charge >= 0.3 is 0 Å². The van der Waals surface area contributed by atoms with Crippen LogP contribution in [0.5, 0.6) is 0 Å². The van der Waals surface area contributed by atoms with E-state index in [1.165, 1.54) is 6.33 Å². The van der Waals surface area contributed by atoms with Crippen molar-refractivity contribution in [2.75, 3.05) is 12.3 Å². The quantitative estimate of drug-likeness (QED) is 0.676. The third kappa shape index (κ3) is 2.52. The molecule has 2 saturated heterocycles. The first-order chi connectivity index (χ1) is 13.2. The van der Waals surface area contributed by atoms with Crippen LogP contribution in [0, 0.1) is 6.92 Å². The van der Waals surface area contributed by atoms with Crippen molar-refractivity contribution in [1.82, 2.24) is 24.3 Å². The maximum absolute atomic E-state index is 13.0. The van der Waals surface area contributed by atoms with Crippen molar-refractivity contribution < 1.29 is 13.2 Å². The number of benzene rings is 1. The maximum Gasteiger partial charge on any atom is 0.241 e. The highest BCUT2D eigenvalue weighted by molar-refractivity contribution is 7.89. The van der Waals surface area contributed by atoms with Crippen LogP contribution in [-0.4, -0.2) is 45.7 Å². The molecule has 2 aromatic heterocycles. The minimum atomic E-state index is -3.70. The summed E-state index contributed by atoms with van der Waals surface area (Å²) < 4.78 is 36.2. The molecule has 0 spiro atoms. The second-order valence-electron chi connectivity index (χ2n) is 7.98. The number of ether oxygens (including phenoxy) is 1. The summed E-state index contributed by atoms with van der Waals surface area (Å²) in [6.07, 6.45) is 4.36. The molecule has 3 N–H and O–H groups in total. The number of nitrogen functional groups attached to an aromatic ring is 1. The lowest BCUT2D eigenvalue weighted by atomic mass is 9.70. The van der Waals surface area contributed by atoms with E-state index in [1.807, 2.05) is 13.8 Å². The lowest BCUT2D eigenvalue weighted by Crippen LogP contribution is -2.58. The fourth-order valence-electron chi connectivity index (χ4n) is 4.40. The van der Waals surface area contributed by atoms with Crippen LogP contribution in [0.4, 0.5) is 5.82 Å². The summed E-state index contributed by atoms with van der Waals surface area (Å²) in [4.78, 5) is 8.40. The fourth-order valence-corrected chi connectivity index (χ4v) is 5.82. The number of hydrogen-bond acceptors (Lipinski definition) is 7. The Balaban J connectivity index is 1.55. The van der Waals surface area contributed by atoms with Crippen molar-refractivity contribution >= 4 is 21.5 Å². The van der Waals surface area contributed by atoms with Crippen LogP contribution in [0.2, 0.25) is 0 Å². The van der Waals surface area contributed by atoms with E-state index in [-0.39, 0.29) is 16.3 Å². The van der Waals surface area contributed by atoms with Crippen molar-refractivity contribution in [3.8, 4) is 11.3 Å². The van der Waals surface area contributed by atoms with E-state index in [1.54, 1.807) is 28.9 Å². The Kier molecular flexibility index (Phi) is 3.44. The van der Waals surface area contributed by atoms with Crippen LogP contribution in [0.15, 0.2) is 35.6 Å². The number of nitrogens with zero attached hydrogens (tertiary/aromatic N) is 4. The number of hydrogen-bond donors (Lipinski definition) is 2. The lowest BCUT2D eigenvalue weighted by Gasteiger charge is -2.42. The number of fused-ring (bicyclic) bond motifs is 2. The van der Waals surface area contributed by atoms with Gasteiger partial charge in [0.15, 0.2) is 11.5 Å². The zero-order valence-electron chi connectivity index (χ0n) is 15.5. The summed E-state index contributed by atoms with van der Waals surface area (Å²) >= 11 is 0. The molecule has 0 atom stereocenters. The minimum Gasteiger partial charge on any atom is -0.381 e. The van der Waals surface area contributed by atoms with Gasteiger partial charge in [-0.1, -0.05) is 6.07 Å². The van der Waals surface area contributed by atoms with Crippen molar-refractivity contribution in [3.05, 3.63) is 36.3 Å². The molecule has 1 aromatic carbocycles. The molecule has 0 unspecified atom stereocenters. The molecule has 3 aromatic rings. The minimum absolute atomic E-state index is 0.194. The van der Waals surface area contributed by atoms with E-state index in [0.29, 0.717) is 36.4 Å². The molecule has 146 valence electrons. The highest BCUT2D eigenvalue weighted by atomic mass is 32.2. The summed E-state index contributed by atoms with van der Waals surface area (Å²) in [5.74, 6) is 0.262. The number of aromatic nitrogens is 4. The first-order valence-corrected chi connectivity index (χ1v) is 10.4. The summed E-state index contributed by atoms with van der Waals surface area (Å²) in [6, 6.07) is 5.03. The van der Waals surface area contributed by atoms with Gasteiger partial charge in [0, 0.05) is 5.56 Å². The zero-order valence-corrected chi connectivity index (χ0v) is 16.3. The van der Waals surface area contributed by atoms with E-state index in [4.69, 9.17) is 10.5 Å². The van der Waals surface area contributed by atoms with Gasteiger partial charge in [0.25, 0.3) is 0 Å². The largest absolute Gasteiger partial charge is 0.381 e. The number of nitrogens with two attached hydrogens (primary N) is 1. The van der Waals surface area contributed by atoms with Crippen LogP contribution >= 0.6 is 0 Å². The van der Waals surface area contributed by atoms with Crippen molar-refractivity contribution in [3.63, 3.8) is 0 Å². The number of aryl methyl sites for hydroxylation is 1.